The van der Waals surface area contributed by atoms with E-state index in [4.69, 9.17) is 4.74 Å². The van der Waals surface area contributed by atoms with E-state index in [9.17, 15) is 9.59 Å². The van der Waals surface area contributed by atoms with Gasteiger partial charge in [0.05, 0.1) is 11.8 Å². The van der Waals surface area contributed by atoms with Crippen LogP contribution < -0.4 is 10.6 Å². The number of methoxy groups -OCH3 is 1. The van der Waals surface area contributed by atoms with E-state index in [1.54, 1.807) is 7.11 Å². The summed E-state index contributed by atoms with van der Waals surface area (Å²) in [4.78, 5) is 23.3. The van der Waals surface area contributed by atoms with E-state index >= 15 is 0 Å². The first-order valence-electron chi connectivity index (χ1n) is 6.29. The third kappa shape index (κ3) is 3.70. The molecule has 0 saturated heterocycles. The van der Waals surface area contributed by atoms with Gasteiger partial charge < -0.3 is 15.4 Å². The zero-order valence-corrected chi connectivity index (χ0v) is 10.2. The SMILES string of the molecule is COCCCNC(=O)C1CC1C(=O)NC1CC1. The molecule has 0 heterocycles. The molecule has 2 atom stereocenters. The summed E-state index contributed by atoms with van der Waals surface area (Å²) in [6, 6.07) is 0.383. The van der Waals surface area contributed by atoms with Crippen molar-refractivity contribution in [1.82, 2.24) is 10.6 Å². The third-order valence-electron chi connectivity index (χ3n) is 3.21. The van der Waals surface area contributed by atoms with Gasteiger partial charge >= 0.3 is 0 Å². The first kappa shape index (κ1) is 12.4. The molecule has 0 aromatic carbocycles. The Bertz CT molecular complexity index is 302. The maximum atomic E-state index is 11.7. The maximum Gasteiger partial charge on any atom is 0.224 e. The molecule has 0 aliphatic heterocycles. The first-order chi connectivity index (χ1) is 8.22. The number of nitrogens with one attached hydrogen (secondary N) is 2. The first-order valence-corrected chi connectivity index (χ1v) is 6.29. The monoisotopic (exact) mass is 240 g/mol. The second-order valence-electron chi connectivity index (χ2n) is 4.87. The largest absolute Gasteiger partial charge is 0.385 e. The van der Waals surface area contributed by atoms with Crippen LogP contribution in [-0.2, 0) is 14.3 Å². The third-order valence-corrected chi connectivity index (χ3v) is 3.21. The minimum Gasteiger partial charge on any atom is -0.385 e. The molecule has 2 aliphatic carbocycles. The molecule has 2 rings (SSSR count). The molecule has 0 bridgehead atoms. The Morgan fingerprint density at radius 2 is 1.94 bits per heavy atom. The fraction of sp³-hybridized carbons (Fsp3) is 0.833. The summed E-state index contributed by atoms with van der Waals surface area (Å²) in [5.74, 6) is -0.115. The van der Waals surface area contributed by atoms with Gasteiger partial charge in [-0.2, -0.15) is 0 Å². The number of rotatable bonds is 7. The van der Waals surface area contributed by atoms with Gasteiger partial charge in [-0.25, -0.2) is 0 Å². The molecular formula is C12H20N2O3. The highest BCUT2D eigenvalue weighted by molar-refractivity contribution is 5.92. The number of hydrogen-bond donors (Lipinski definition) is 2. The molecule has 5 heteroatoms. The van der Waals surface area contributed by atoms with Crippen LogP contribution in [0.1, 0.15) is 25.7 Å². The average molecular weight is 240 g/mol. The quantitative estimate of drug-likeness (QED) is 0.618. The molecule has 2 aliphatic rings. The lowest BCUT2D eigenvalue weighted by Gasteiger charge is -2.04. The molecule has 2 N–H and O–H groups in total. The highest BCUT2D eigenvalue weighted by Crippen LogP contribution is 2.39. The van der Waals surface area contributed by atoms with E-state index in [0.29, 0.717) is 25.6 Å². The fourth-order valence-electron chi connectivity index (χ4n) is 1.87. The molecule has 17 heavy (non-hydrogen) atoms. The van der Waals surface area contributed by atoms with Crippen molar-refractivity contribution >= 4 is 11.8 Å². The van der Waals surface area contributed by atoms with E-state index in [1.807, 2.05) is 0 Å². The van der Waals surface area contributed by atoms with E-state index < -0.39 is 0 Å². The molecule has 96 valence electrons. The van der Waals surface area contributed by atoms with Gasteiger partial charge in [0.1, 0.15) is 0 Å². The van der Waals surface area contributed by atoms with Gasteiger partial charge in [0.15, 0.2) is 0 Å². The van der Waals surface area contributed by atoms with Crippen LogP contribution in [0, 0.1) is 11.8 Å². The smallest absolute Gasteiger partial charge is 0.224 e. The molecule has 2 saturated carbocycles. The van der Waals surface area contributed by atoms with E-state index in [-0.39, 0.29) is 23.7 Å². The molecule has 2 unspecified atom stereocenters. The van der Waals surface area contributed by atoms with Crippen molar-refractivity contribution in [3.63, 3.8) is 0 Å². The van der Waals surface area contributed by atoms with Crippen LogP contribution in [0.4, 0.5) is 0 Å². The van der Waals surface area contributed by atoms with E-state index in [1.165, 1.54) is 0 Å². The number of amides is 2. The van der Waals surface area contributed by atoms with Crippen LogP contribution in [0.15, 0.2) is 0 Å². The Hall–Kier alpha value is -1.10. The Balaban J connectivity index is 1.60. The van der Waals surface area contributed by atoms with Gasteiger partial charge in [0.2, 0.25) is 11.8 Å². The standard InChI is InChI=1S/C12H20N2O3/c1-17-6-2-5-13-11(15)9-7-10(9)12(16)14-8-3-4-8/h8-10H,2-7H2,1H3,(H,13,15)(H,14,16). The summed E-state index contributed by atoms with van der Waals surface area (Å²) in [6.07, 6.45) is 3.70. The summed E-state index contributed by atoms with van der Waals surface area (Å²) < 4.78 is 4.89. The average Bonchev–Trinajstić information content (AvgIpc) is 3.14. The zero-order chi connectivity index (χ0) is 12.3. The van der Waals surface area contributed by atoms with Crippen molar-refractivity contribution in [3.05, 3.63) is 0 Å². The molecule has 2 fully saturated rings. The molecule has 0 radical (unpaired) electrons. The number of carbonyl (C=O) groups excluding carboxylic acids is 2. The van der Waals surface area contributed by atoms with Crippen molar-refractivity contribution in [2.24, 2.45) is 11.8 Å². The minimum atomic E-state index is -0.101. The summed E-state index contributed by atoms with van der Waals surface area (Å²) in [5.41, 5.74) is 0. The van der Waals surface area contributed by atoms with Gasteiger partial charge in [0, 0.05) is 26.3 Å². The zero-order valence-electron chi connectivity index (χ0n) is 10.2. The minimum absolute atomic E-state index is 0.0112. The predicted molar refractivity (Wildman–Crippen MR) is 62.3 cm³/mol. The van der Waals surface area contributed by atoms with Crippen LogP contribution in [-0.4, -0.2) is 38.1 Å². The molecule has 0 aromatic heterocycles. The number of ether oxygens (including phenoxy) is 1. The van der Waals surface area contributed by atoms with Gasteiger partial charge in [-0.05, 0) is 25.7 Å². The molecule has 0 spiro atoms. The molecular weight excluding hydrogens is 220 g/mol. The second-order valence-corrected chi connectivity index (χ2v) is 4.87. The summed E-state index contributed by atoms with van der Waals surface area (Å²) in [7, 11) is 1.64. The fourth-order valence-corrected chi connectivity index (χ4v) is 1.87. The maximum absolute atomic E-state index is 11.7. The lowest BCUT2D eigenvalue weighted by molar-refractivity contribution is -0.127. The highest BCUT2D eigenvalue weighted by atomic mass is 16.5. The van der Waals surface area contributed by atoms with Gasteiger partial charge in [-0.3, -0.25) is 9.59 Å². The topological polar surface area (TPSA) is 67.4 Å². The van der Waals surface area contributed by atoms with Crippen LogP contribution in [0.5, 0.6) is 0 Å². The van der Waals surface area contributed by atoms with Crippen molar-refractivity contribution < 1.29 is 14.3 Å². The van der Waals surface area contributed by atoms with Gasteiger partial charge in [0.25, 0.3) is 0 Å². The van der Waals surface area contributed by atoms with Crippen LogP contribution in [0.25, 0.3) is 0 Å². The van der Waals surface area contributed by atoms with Crippen LogP contribution in [0.2, 0.25) is 0 Å². The normalized spacial score (nSPS) is 26.4. The second kappa shape index (κ2) is 5.49. The van der Waals surface area contributed by atoms with Crippen molar-refractivity contribution in [2.75, 3.05) is 20.3 Å². The molecule has 2 amide bonds. The van der Waals surface area contributed by atoms with Crippen molar-refractivity contribution in [2.45, 2.75) is 31.7 Å². The van der Waals surface area contributed by atoms with Gasteiger partial charge in [-0.1, -0.05) is 0 Å². The number of carbonyl (C=O) groups is 2. The van der Waals surface area contributed by atoms with Crippen LogP contribution in [0.3, 0.4) is 0 Å². The van der Waals surface area contributed by atoms with E-state index in [0.717, 1.165) is 19.3 Å². The molecule has 0 aromatic rings. The van der Waals surface area contributed by atoms with Crippen molar-refractivity contribution in [3.8, 4) is 0 Å². The van der Waals surface area contributed by atoms with E-state index in [2.05, 4.69) is 10.6 Å². The lowest BCUT2D eigenvalue weighted by atomic mass is 10.2. The van der Waals surface area contributed by atoms with Crippen molar-refractivity contribution in [1.29, 1.82) is 0 Å². The molecule has 5 nitrogen and oxygen atoms in total. The lowest BCUT2D eigenvalue weighted by Crippen LogP contribution is -2.31. The summed E-state index contributed by atoms with van der Waals surface area (Å²) >= 11 is 0. The Labute approximate surface area is 101 Å². The van der Waals surface area contributed by atoms with Gasteiger partial charge in [-0.15, -0.1) is 0 Å². The van der Waals surface area contributed by atoms with Crippen LogP contribution >= 0.6 is 0 Å². The Morgan fingerprint density at radius 3 is 2.59 bits per heavy atom. The predicted octanol–water partition coefficient (Wildman–Crippen LogP) is 0.0538. The Morgan fingerprint density at radius 1 is 1.24 bits per heavy atom. The number of hydrogen-bond acceptors (Lipinski definition) is 3. The highest BCUT2D eigenvalue weighted by Gasteiger charge is 2.48. The Kier molecular flexibility index (Phi) is 3.99. The summed E-state index contributed by atoms with van der Waals surface area (Å²) in [5, 5.41) is 5.77. The summed E-state index contributed by atoms with van der Waals surface area (Å²) in [6.45, 7) is 1.27.